The van der Waals surface area contributed by atoms with E-state index in [1.54, 1.807) is 12.1 Å². The number of primary amides is 1. The van der Waals surface area contributed by atoms with Crippen LogP contribution < -0.4 is 16.4 Å². The van der Waals surface area contributed by atoms with Gasteiger partial charge in [-0.3, -0.25) is 4.79 Å². The number of carbonyl (C=O) groups is 1. The molecule has 0 bridgehead atoms. The highest BCUT2D eigenvalue weighted by Crippen LogP contribution is 2.33. The molecule has 0 saturated carbocycles. The summed E-state index contributed by atoms with van der Waals surface area (Å²) < 4.78 is 0. The minimum absolute atomic E-state index is 0.442. The number of benzene rings is 2. The molecule has 4 nitrogen and oxygen atoms in total. The first-order valence-corrected chi connectivity index (χ1v) is 7.09. The fourth-order valence-corrected chi connectivity index (χ4v) is 2.95. The van der Waals surface area contributed by atoms with Crippen molar-refractivity contribution in [2.75, 3.05) is 10.6 Å². The number of hydrogen-bond donors (Lipinski definition) is 2. The van der Waals surface area contributed by atoms with Gasteiger partial charge in [0.15, 0.2) is 0 Å². The maximum atomic E-state index is 11.2. The van der Waals surface area contributed by atoms with Crippen molar-refractivity contribution in [3.63, 3.8) is 0 Å². The fourth-order valence-electron chi connectivity index (χ4n) is 2.95. The lowest BCUT2D eigenvalue weighted by Crippen LogP contribution is -2.29. The van der Waals surface area contributed by atoms with E-state index in [0.29, 0.717) is 17.3 Å². The van der Waals surface area contributed by atoms with Gasteiger partial charge in [0.2, 0.25) is 5.91 Å². The fraction of sp³-hybridized carbons (Fsp3) is 0.235. The van der Waals surface area contributed by atoms with E-state index >= 15 is 0 Å². The van der Waals surface area contributed by atoms with Crippen LogP contribution in [-0.2, 0) is 13.0 Å². The van der Waals surface area contributed by atoms with Gasteiger partial charge in [0.25, 0.3) is 0 Å². The Kier molecular flexibility index (Phi) is 3.29. The van der Waals surface area contributed by atoms with E-state index in [0.717, 1.165) is 18.5 Å². The Morgan fingerprint density at radius 3 is 2.76 bits per heavy atom. The van der Waals surface area contributed by atoms with Gasteiger partial charge >= 0.3 is 0 Å². The molecular formula is C17H19N3O. The molecule has 0 aromatic heterocycles. The first kappa shape index (κ1) is 13.5. The Hall–Kier alpha value is -2.49. The molecule has 0 spiro atoms. The first-order chi connectivity index (χ1) is 10.1. The van der Waals surface area contributed by atoms with Crippen LogP contribution >= 0.6 is 0 Å². The Balaban J connectivity index is 1.89. The molecular weight excluding hydrogens is 262 g/mol. The van der Waals surface area contributed by atoms with Crippen LogP contribution in [0.25, 0.3) is 0 Å². The number of nitrogens with two attached hydrogens (primary N) is 2. The van der Waals surface area contributed by atoms with Crippen LogP contribution in [0.5, 0.6) is 0 Å². The van der Waals surface area contributed by atoms with E-state index in [9.17, 15) is 4.79 Å². The standard InChI is InChI=1S/C17H19N3O/c1-11-8-12-4-2-3-5-16(12)20(11)10-14-7-6-13(17(19)21)9-15(14)18/h2-7,9,11H,8,10,18H2,1H3,(H2,19,21). The molecule has 2 aromatic rings. The van der Waals surface area contributed by atoms with E-state index in [4.69, 9.17) is 11.5 Å². The molecule has 0 saturated heterocycles. The van der Waals surface area contributed by atoms with Gasteiger partial charge in [0, 0.05) is 29.5 Å². The van der Waals surface area contributed by atoms with E-state index < -0.39 is 5.91 Å². The minimum atomic E-state index is -0.451. The van der Waals surface area contributed by atoms with Crippen LogP contribution in [0.3, 0.4) is 0 Å². The maximum absolute atomic E-state index is 11.2. The van der Waals surface area contributed by atoms with Gasteiger partial charge in [-0.15, -0.1) is 0 Å². The lowest BCUT2D eigenvalue weighted by atomic mass is 10.1. The molecule has 4 N–H and O–H groups in total. The van der Waals surface area contributed by atoms with Gasteiger partial charge in [-0.05, 0) is 42.7 Å². The van der Waals surface area contributed by atoms with Crippen molar-refractivity contribution in [3.05, 3.63) is 59.2 Å². The third-order valence-electron chi connectivity index (χ3n) is 4.12. The van der Waals surface area contributed by atoms with Gasteiger partial charge in [0.05, 0.1) is 0 Å². The Morgan fingerprint density at radius 1 is 1.29 bits per heavy atom. The summed E-state index contributed by atoms with van der Waals surface area (Å²) in [4.78, 5) is 13.5. The van der Waals surface area contributed by atoms with Gasteiger partial charge in [-0.2, -0.15) is 0 Å². The van der Waals surface area contributed by atoms with Crippen molar-refractivity contribution in [2.45, 2.75) is 25.9 Å². The molecule has 21 heavy (non-hydrogen) atoms. The minimum Gasteiger partial charge on any atom is -0.398 e. The number of nitrogen functional groups attached to an aromatic ring is 1. The average Bonchev–Trinajstić information content (AvgIpc) is 2.77. The van der Waals surface area contributed by atoms with E-state index in [-0.39, 0.29) is 0 Å². The molecule has 3 rings (SSSR count). The molecule has 1 unspecified atom stereocenters. The topological polar surface area (TPSA) is 72.3 Å². The summed E-state index contributed by atoms with van der Waals surface area (Å²) in [5.74, 6) is -0.451. The van der Waals surface area contributed by atoms with Crippen molar-refractivity contribution in [3.8, 4) is 0 Å². The molecule has 1 amide bonds. The van der Waals surface area contributed by atoms with E-state index in [2.05, 4.69) is 36.1 Å². The quantitative estimate of drug-likeness (QED) is 0.848. The number of rotatable bonds is 3. The Morgan fingerprint density at radius 2 is 2.05 bits per heavy atom. The van der Waals surface area contributed by atoms with Crippen molar-refractivity contribution in [1.29, 1.82) is 0 Å². The lowest BCUT2D eigenvalue weighted by Gasteiger charge is -2.25. The molecule has 0 aliphatic carbocycles. The number of nitrogens with zero attached hydrogens (tertiary/aromatic N) is 1. The monoisotopic (exact) mass is 281 g/mol. The lowest BCUT2D eigenvalue weighted by molar-refractivity contribution is 0.100. The summed E-state index contributed by atoms with van der Waals surface area (Å²) >= 11 is 0. The van der Waals surface area contributed by atoms with Gasteiger partial charge in [-0.25, -0.2) is 0 Å². The third kappa shape index (κ3) is 2.44. The van der Waals surface area contributed by atoms with Crippen LogP contribution in [0.1, 0.15) is 28.4 Å². The SMILES string of the molecule is CC1Cc2ccccc2N1Cc1ccc(C(N)=O)cc1N. The van der Waals surface area contributed by atoms with Crippen LogP contribution in [0.15, 0.2) is 42.5 Å². The largest absolute Gasteiger partial charge is 0.398 e. The second-order valence-electron chi connectivity index (χ2n) is 5.59. The van der Waals surface area contributed by atoms with Crippen LogP contribution in [-0.4, -0.2) is 11.9 Å². The zero-order valence-electron chi connectivity index (χ0n) is 12.0. The van der Waals surface area contributed by atoms with Gasteiger partial charge < -0.3 is 16.4 Å². The predicted molar refractivity (Wildman–Crippen MR) is 85.2 cm³/mol. The smallest absolute Gasteiger partial charge is 0.248 e. The maximum Gasteiger partial charge on any atom is 0.248 e. The number of hydrogen-bond acceptors (Lipinski definition) is 3. The van der Waals surface area contributed by atoms with Gasteiger partial charge in [0.1, 0.15) is 0 Å². The summed E-state index contributed by atoms with van der Waals surface area (Å²) in [6, 6.07) is 14.2. The molecule has 108 valence electrons. The summed E-state index contributed by atoms with van der Waals surface area (Å²) in [7, 11) is 0. The number of anilines is 2. The molecule has 1 aliphatic heterocycles. The zero-order valence-corrected chi connectivity index (χ0v) is 12.0. The summed E-state index contributed by atoms with van der Waals surface area (Å²) in [5, 5.41) is 0. The summed E-state index contributed by atoms with van der Waals surface area (Å²) in [6.07, 6.45) is 1.05. The van der Waals surface area contributed by atoms with Crippen molar-refractivity contribution >= 4 is 17.3 Å². The number of fused-ring (bicyclic) bond motifs is 1. The van der Waals surface area contributed by atoms with Crippen molar-refractivity contribution in [2.24, 2.45) is 5.73 Å². The highest BCUT2D eigenvalue weighted by molar-refractivity contribution is 5.93. The average molecular weight is 281 g/mol. The van der Waals surface area contributed by atoms with E-state index in [1.165, 1.54) is 11.3 Å². The van der Waals surface area contributed by atoms with Crippen LogP contribution in [0.2, 0.25) is 0 Å². The second kappa shape index (κ2) is 5.13. The highest BCUT2D eigenvalue weighted by Gasteiger charge is 2.25. The summed E-state index contributed by atoms with van der Waals surface area (Å²) in [6.45, 7) is 2.96. The number of amides is 1. The van der Waals surface area contributed by atoms with E-state index in [1.807, 2.05) is 6.07 Å². The van der Waals surface area contributed by atoms with Crippen molar-refractivity contribution in [1.82, 2.24) is 0 Å². The predicted octanol–water partition coefficient (Wildman–Crippen LogP) is 2.32. The van der Waals surface area contributed by atoms with Gasteiger partial charge in [-0.1, -0.05) is 24.3 Å². The third-order valence-corrected chi connectivity index (χ3v) is 4.12. The summed E-state index contributed by atoms with van der Waals surface area (Å²) in [5.41, 5.74) is 16.1. The molecule has 0 fully saturated rings. The number of carbonyl (C=O) groups excluding carboxylic acids is 1. The Bertz CT molecular complexity index is 696. The van der Waals surface area contributed by atoms with Crippen LogP contribution in [0, 0.1) is 0 Å². The second-order valence-corrected chi connectivity index (χ2v) is 5.59. The van der Waals surface area contributed by atoms with Crippen molar-refractivity contribution < 1.29 is 4.79 Å². The normalized spacial score (nSPS) is 16.8. The molecule has 4 heteroatoms. The molecule has 0 radical (unpaired) electrons. The molecule has 2 aromatic carbocycles. The zero-order chi connectivity index (χ0) is 15.0. The molecule has 1 atom stereocenters. The Labute approximate surface area is 124 Å². The molecule has 1 aliphatic rings. The number of para-hydroxylation sites is 1. The highest BCUT2D eigenvalue weighted by atomic mass is 16.1. The van der Waals surface area contributed by atoms with Crippen LogP contribution in [0.4, 0.5) is 11.4 Å². The first-order valence-electron chi connectivity index (χ1n) is 7.09. The molecule has 1 heterocycles.